The fourth-order valence-corrected chi connectivity index (χ4v) is 2.19. The molecule has 0 aliphatic heterocycles. The molecule has 0 fully saturated rings. The smallest absolute Gasteiger partial charge is 0.340 e. The molecule has 5 nitrogen and oxygen atoms in total. The van der Waals surface area contributed by atoms with E-state index < -0.39 is 5.97 Å². The molecule has 1 aromatic rings. The van der Waals surface area contributed by atoms with Crippen LogP contribution in [0.25, 0.3) is 0 Å². The number of rotatable bonds is 7. The number of hydrogen-bond acceptors (Lipinski definition) is 5. The molecule has 1 rings (SSSR count). The van der Waals surface area contributed by atoms with Gasteiger partial charge in [0.2, 0.25) is 0 Å². The van der Waals surface area contributed by atoms with E-state index in [9.17, 15) is 4.79 Å². The molecule has 0 aromatic heterocycles. The van der Waals surface area contributed by atoms with Crippen molar-refractivity contribution in [2.75, 3.05) is 31.4 Å². The summed E-state index contributed by atoms with van der Waals surface area (Å²) < 4.78 is 10.3. The molecule has 0 spiro atoms. The van der Waals surface area contributed by atoms with Crippen LogP contribution in [0.1, 0.15) is 31.1 Å². The first-order valence-corrected chi connectivity index (χ1v) is 7.30. The fraction of sp³-hybridized carbons (Fsp3) is 0.533. The zero-order chi connectivity index (χ0) is 16.0. The van der Waals surface area contributed by atoms with Crippen molar-refractivity contribution in [3.8, 4) is 0 Å². The number of nitrogens with two attached hydrogens (primary N) is 1. The minimum absolute atomic E-state index is 0.0179. The van der Waals surface area contributed by atoms with Crippen LogP contribution in [0.3, 0.4) is 0 Å². The van der Waals surface area contributed by atoms with Crippen molar-refractivity contribution in [2.45, 2.75) is 26.8 Å². The number of methoxy groups -OCH3 is 1. The number of nitrogen functional groups attached to an aromatic ring is 1. The number of halogens is 1. The Balaban J connectivity index is 3.17. The summed E-state index contributed by atoms with van der Waals surface area (Å²) in [5, 5.41) is 3.66. The molecular formula is C15H23ClN2O3. The first-order valence-electron chi connectivity index (χ1n) is 6.92. The van der Waals surface area contributed by atoms with Crippen LogP contribution in [0.15, 0.2) is 12.1 Å². The lowest BCUT2D eigenvalue weighted by Crippen LogP contribution is -2.31. The third-order valence-corrected chi connectivity index (χ3v) is 3.39. The van der Waals surface area contributed by atoms with Crippen LogP contribution in [0.4, 0.5) is 11.4 Å². The Morgan fingerprint density at radius 2 is 2.10 bits per heavy atom. The first kappa shape index (κ1) is 17.6. The van der Waals surface area contributed by atoms with Crippen LogP contribution >= 0.6 is 11.6 Å². The average Bonchev–Trinajstić information content (AvgIpc) is 2.40. The molecule has 6 heteroatoms. The van der Waals surface area contributed by atoms with Gasteiger partial charge in [0.25, 0.3) is 0 Å². The molecule has 0 radical (unpaired) electrons. The molecule has 0 aliphatic rings. The van der Waals surface area contributed by atoms with E-state index in [1.165, 1.54) is 0 Å². The lowest BCUT2D eigenvalue weighted by atomic mass is 10.0. The number of benzene rings is 1. The van der Waals surface area contributed by atoms with Gasteiger partial charge in [-0.1, -0.05) is 25.4 Å². The van der Waals surface area contributed by atoms with E-state index in [0.29, 0.717) is 34.5 Å². The van der Waals surface area contributed by atoms with Gasteiger partial charge in [0, 0.05) is 12.8 Å². The van der Waals surface area contributed by atoms with Gasteiger partial charge in [0.1, 0.15) is 0 Å². The number of ether oxygens (including phenoxy) is 2. The monoisotopic (exact) mass is 314 g/mol. The third-order valence-electron chi connectivity index (χ3n) is 3.09. The van der Waals surface area contributed by atoms with Crippen LogP contribution in [-0.2, 0) is 9.47 Å². The Morgan fingerprint density at radius 3 is 2.62 bits per heavy atom. The summed E-state index contributed by atoms with van der Waals surface area (Å²) in [6, 6.07) is 3.19. The summed E-state index contributed by atoms with van der Waals surface area (Å²) in [4.78, 5) is 12.1. The molecule has 118 valence electrons. The van der Waals surface area contributed by atoms with Gasteiger partial charge in [0.15, 0.2) is 0 Å². The van der Waals surface area contributed by atoms with Gasteiger partial charge in [-0.15, -0.1) is 0 Å². The molecule has 0 amide bonds. The van der Waals surface area contributed by atoms with E-state index >= 15 is 0 Å². The highest BCUT2D eigenvalue weighted by molar-refractivity contribution is 6.34. The maximum atomic E-state index is 12.1. The van der Waals surface area contributed by atoms with E-state index in [2.05, 4.69) is 19.2 Å². The molecular weight excluding hydrogens is 292 g/mol. The summed E-state index contributed by atoms with van der Waals surface area (Å²) in [7, 11) is 1.63. The number of esters is 1. The second kappa shape index (κ2) is 8.10. The third kappa shape index (κ3) is 4.79. The lowest BCUT2D eigenvalue weighted by molar-refractivity contribution is 0.0527. The Morgan fingerprint density at radius 1 is 1.43 bits per heavy atom. The van der Waals surface area contributed by atoms with Crippen LogP contribution in [0.2, 0.25) is 5.02 Å². The number of carbonyl (C=O) groups is 1. The highest BCUT2D eigenvalue weighted by Gasteiger charge is 2.21. The maximum Gasteiger partial charge on any atom is 0.340 e. The van der Waals surface area contributed by atoms with Gasteiger partial charge in [0.05, 0.1) is 35.5 Å². The number of carbonyl (C=O) groups excluding carboxylic acids is 1. The minimum atomic E-state index is -0.450. The SMILES string of the molecule is CCOC(=O)c1cc(N)cc(Cl)c1NC(COC)C(C)C. The van der Waals surface area contributed by atoms with Crippen LogP contribution in [0.5, 0.6) is 0 Å². The summed E-state index contributed by atoms with van der Waals surface area (Å²) in [5.74, 6) is -0.150. The Bertz CT molecular complexity index is 492. The molecule has 0 bridgehead atoms. The standard InChI is InChI=1S/C15H23ClN2O3/c1-5-21-15(19)11-6-10(17)7-12(16)14(11)18-13(8-20-4)9(2)3/h6-7,9,13,18H,5,8,17H2,1-4H3. The largest absolute Gasteiger partial charge is 0.462 e. The van der Waals surface area contributed by atoms with Gasteiger partial charge < -0.3 is 20.5 Å². The quantitative estimate of drug-likeness (QED) is 0.597. The van der Waals surface area contributed by atoms with Crippen molar-refractivity contribution in [1.29, 1.82) is 0 Å². The summed E-state index contributed by atoms with van der Waals surface area (Å²) in [5.41, 5.74) is 7.05. The number of anilines is 2. The van der Waals surface area contributed by atoms with Gasteiger partial charge in [-0.05, 0) is 25.0 Å². The maximum absolute atomic E-state index is 12.1. The number of hydrogen-bond donors (Lipinski definition) is 2. The zero-order valence-corrected chi connectivity index (χ0v) is 13.7. The zero-order valence-electron chi connectivity index (χ0n) is 12.9. The number of nitrogens with one attached hydrogen (secondary N) is 1. The van der Waals surface area contributed by atoms with E-state index in [1.807, 2.05) is 0 Å². The molecule has 3 N–H and O–H groups in total. The van der Waals surface area contributed by atoms with Crippen LogP contribution in [0, 0.1) is 5.92 Å². The normalized spacial score (nSPS) is 12.3. The van der Waals surface area contributed by atoms with E-state index in [-0.39, 0.29) is 12.6 Å². The van der Waals surface area contributed by atoms with Crippen molar-refractivity contribution < 1.29 is 14.3 Å². The second-order valence-corrected chi connectivity index (χ2v) is 5.50. The van der Waals surface area contributed by atoms with Crippen molar-refractivity contribution in [2.24, 2.45) is 5.92 Å². The molecule has 1 aromatic carbocycles. The molecule has 0 saturated carbocycles. The van der Waals surface area contributed by atoms with Gasteiger partial charge in [-0.25, -0.2) is 4.79 Å². The Kier molecular flexibility index (Phi) is 6.78. The first-order chi connectivity index (χ1) is 9.90. The van der Waals surface area contributed by atoms with Crippen LogP contribution in [-0.4, -0.2) is 32.3 Å². The van der Waals surface area contributed by atoms with Crippen molar-refractivity contribution in [1.82, 2.24) is 0 Å². The molecule has 0 aliphatic carbocycles. The molecule has 1 atom stereocenters. The van der Waals surface area contributed by atoms with E-state index in [4.69, 9.17) is 26.8 Å². The van der Waals surface area contributed by atoms with Crippen molar-refractivity contribution in [3.63, 3.8) is 0 Å². The molecule has 0 saturated heterocycles. The summed E-state index contributed by atoms with van der Waals surface area (Å²) in [6.07, 6.45) is 0. The predicted molar refractivity (Wildman–Crippen MR) is 85.9 cm³/mol. The minimum Gasteiger partial charge on any atom is -0.462 e. The fourth-order valence-electron chi connectivity index (χ4n) is 1.91. The highest BCUT2D eigenvalue weighted by atomic mass is 35.5. The molecule has 21 heavy (non-hydrogen) atoms. The molecule has 1 unspecified atom stereocenters. The van der Waals surface area contributed by atoms with Gasteiger partial charge >= 0.3 is 5.97 Å². The molecule has 0 heterocycles. The summed E-state index contributed by atoms with van der Waals surface area (Å²) >= 11 is 6.24. The van der Waals surface area contributed by atoms with Gasteiger partial charge in [-0.3, -0.25) is 0 Å². The Labute approximate surface area is 130 Å². The predicted octanol–water partition coefficient (Wildman–Crippen LogP) is 3.18. The van der Waals surface area contributed by atoms with Crippen molar-refractivity contribution >= 4 is 28.9 Å². The van der Waals surface area contributed by atoms with Crippen molar-refractivity contribution in [3.05, 3.63) is 22.7 Å². The second-order valence-electron chi connectivity index (χ2n) is 5.10. The summed E-state index contributed by atoms with van der Waals surface area (Å²) in [6.45, 7) is 6.66. The van der Waals surface area contributed by atoms with Gasteiger partial charge in [-0.2, -0.15) is 0 Å². The Hall–Kier alpha value is -1.46. The van der Waals surface area contributed by atoms with E-state index in [0.717, 1.165) is 0 Å². The topological polar surface area (TPSA) is 73.6 Å². The van der Waals surface area contributed by atoms with E-state index in [1.54, 1.807) is 26.2 Å². The average molecular weight is 315 g/mol. The van der Waals surface area contributed by atoms with Crippen LogP contribution < -0.4 is 11.1 Å². The highest BCUT2D eigenvalue weighted by Crippen LogP contribution is 2.31. The lowest BCUT2D eigenvalue weighted by Gasteiger charge is -2.25.